The van der Waals surface area contributed by atoms with E-state index in [1.807, 2.05) is 24.5 Å². The van der Waals surface area contributed by atoms with E-state index in [1.54, 1.807) is 18.7 Å². The van der Waals surface area contributed by atoms with Gasteiger partial charge < -0.3 is 24.4 Å². The summed E-state index contributed by atoms with van der Waals surface area (Å²) < 4.78 is 21.2. The van der Waals surface area contributed by atoms with Crippen molar-refractivity contribution >= 4 is 34.3 Å². The number of fused-ring (bicyclic) bond motifs is 4. The highest BCUT2D eigenvalue weighted by molar-refractivity contribution is 6.05. The Labute approximate surface area is 351 Å². The van der Waals surface area contributed by atoms with Crippen molar-refractivity contribution in [1.29, 1.82) is 0 Å². The zero-order valence-electron chi connectivity index (χ0n) is 34.9. The summed E-state index contributed by atoms with van der Waals surface area (Å²) in [4.78, 5) is 59.3. The van der Waals surface area contributed by atoms with Gasteiger partial charge in [0.1, 0.15) is 17.8 Å². The van der Waals surface area contributed by atoms with E-state index in [0.29, 0.717) is 42.4 Å². The fourth-order valence-corrected chi connectivity index (χ4v) is 11.1. The third-order valence-corrected chi connectivity index (χ3v) is 14.6. The molecule has 3 saturated heterocycles. The van der Waals surface area contributed by atoms with Gasteiger partial charge in [-0.05, 0) is 138 Å². The second-order valence-corrected chi connectivity index (χ2v) is 19.1. The molecule has 1 spiro atoms. The minimum atomic E-state index is -1.33. The van der Waals surface area contributed by atoms with E-state index in [0.717, 1.165) is 86.6 Å². The van der Waals surface area contributed by atoms with Gasteiger partial charge in [-0.2, -0.15) is 0 Å². The molecule has 2 aromatic heterocycles. The Morgan fingerprint density at radius 3 is 2.43 bits per heavy atom. The Balaban J connectivity index is 0.669. The van der Waals surface area contributed by atoms with Crippen molar-refractivity contribution < 1.29 is 23.5 Å². The number of rotatable bonds is 10. The summed E-state index contributed by atoms with van der Waals surface area (Å²) >= 11 is 0. The zero-order valence-corrected chi connectivity index (χ0v) is 34.9. The molecule has 2 aromatic carbocycles. The number of imide groups is 1. The molecular formula is C47H57FN8O4. The van der Waals surface area contributed by atoms with Crippen molar-refractivity contribution in [2.24, 2.45) is 11.3 Å². The van der Waals surface area contributed by atoms with Crippen LogP contribution in [0.3, 0.4) is 0 Å². The van der Waals surface area contributed by atoms with Crippen molar-refractivity contribution in [3.8, 4) is 6.01 Å². The Hall–Kier alpha value is -4.88. The lowest BCUT2D eigenvalue weighted by atomic mass is 9.71. The van der Waals surface area contributed by atoms with E-state index >= 15 is 0 Å². The number of ether oxygens (including phenoxy) is 1. The van der Waals surface area contributed by atoms with Gasteiger partial charge in [-0.1, -0.05) is 18.2 Å². The van der Waals surface area contributed by atoms with Crippen LogP contribution in [-0.4, -0.2) is 111 Å². The quantitative estimate of drug-likeness (QED) is 0.176. The zero-order chi connectivity index (χ0) is 41.2. The number of aromatic nitrogens is 3. The van der Waals surface area contributed by atoms with E-state index in [2.05, 4.69) is 65.3 Å². The molecule has 4 fully saturated rings. The number of alkyl halides is 1. The van der Waals surface area contributed by atoms with Crippen molar-refractivity contribution in [2.75, 3.05) is 50.7 Å². The lowest BCUT2D eigenvalue weighted by Crippen LogP contribution is -2.52. The standard InChI is InChI=1S/C47H57FN8O4/c1-46(2,48)29-55-18-12-37-36-5-3-4-6-38(36)51-41(37)42(55)32-26-49-45(50-27-32)60-34-23-30(24-34)11-17-53-19-13-47(14-20-53)15-21-54(22-16-47)33-7-8-35-31(25-33)28-56(44(35)59)39-9-10-40(57)52-43(39)58/h3-8,25-27,30,34,39,42,51H,9-24,28-29H2,1-2H3,(H,52,57,58). The summed E-state index contributed by atoms with van der Waals surface area (Å²) in [5, 5.41) is 3.62. The number of amides is 3. The number of nitrogens with zero attached hydrogens (tertiary/aromatic N) is 6. The SMILES string of the molecule is CC(C)(F)CN1CCc2c([nH]c3ccccc23)C1c1cnc(OC2CC(CCN3CCC4(CC3)CCN(c3ccc5c(c3)CN(C3CCC(=O)NC3=O)C5=O)CC4)C2)nc1. The number of H-pyrrole nitrogens is 1. The third kappa shape index (κ3) is 7.67. The molecule has 12 nitrogen and oxygen atoms in total. The van der Waals surface area contributed by atoms with Crippen LogP contribution in [0.1, 0.15) is 110 Å². The Bertz CT molecular complexity index is 2260. The van der Waals surface area contributed by atoms with Gasteiger partial charge in [-0.3, -0.25) is 24.6 Å². The Morgan fingerprint density at radius 2 is 1.68 bits per heavy atom. The van der Waals surface area contributed by atoms with Gasteiger partial charge in [0, 0.05) is 84.9 Å². The van der Waals surface area contributed by atoms with Crippen LogP contribution in [0.4, 0.5) is 10.1 Å². The summed E-state index contributed by atoms with van der Waals surface area (Å²) in [5.41, 5.74) is 6.32. The topological polar surface area (TPSA) is 127 Å². The van der Waals surface area contributed by atoms with E-state index in [4.69, 9.17) is 4.74 Å². The maximum absolute atomic E-state index is 15.0. The highest BCUT2D eigenvalue weighted by Crippen LogP contribution is 2.44. The molecular weight excluding hydrogens is 760 g/mol. The van der Waals surface area contributed by atoms with Crippen LogP contribution >= 0.6 is 0 Å². The van der Waals surface area contributed by atoms with Gasteiger partial charge in [0.15, 0.2) is 0 Å². The molecule has 2 atom stereocenters. The third-order valence-electron chi connectivity index (χ3n) is 14.6. The first kappa shape index (κ1) is 39.3. The maximum atomic E-state index is 15.0. The van der Waals surface area contributed by atoms with Crippen LogP contribution in [0, 0.1) is 11.3 Å². The van der Waals surface area contributed by atoms with Gasteiger partial charge in [-0.15, -0.1) is 0 Å². The molecule has 1 saturated carbocycles. The Kier molecular flexibility index (Phi) is 10.2. The molecule has 5 aliphatic heterocycles. The van der Waals surface area contributed by atoms with Crippen LogP contribution in [0.15, 0.2) is 54.9 Å². The monoisotopic (exact) mass is 816 g/mol. The first-order valence-corrected chi connectivity index (χ1v) is 22.2. The van der Waals surface area contributed by atoms with Gasteiger partial charge in [-0.25, -0.2) is 14.4 Å². The van der Waals surface area contributed by atoms with Crippen molar-refractivity contribution in [2.45, 2.75) is 108 Å². The largest absolute Gasteiger partial charge is 0.460 e. The van der Waals surface area contributed by atoms with Crippen molar-refractivity contribution in [3.63, 3.8) is 0 Å². The van der Waals surface area contributed by atoms with Crippen LogP contribution < -0.4 is 15.0 Å². The molecule has 2 N–H and O–H groups in total. The molecule has 13 heteroatoms. The smallest absolute Gasteiger partial charge is 0.316 e. The van der Waals surface area contributed by atoms with Crippen LogP contribution in [0.2, 0.25) is 0 Å². The van der Waals surface area contributed by atoms with Gasteiger partial charge in [0.25, 0.3) is 5.91 Å². The predicted molar refractivity (Wildman–Crippen MR) is 226 cm³/mol. The van der Waals surface area contributed by atoms with E-state index in [9.17, 15) is 18.8 Å². The highest BCUT2D eigenvalue weighted by Gasteiger charge is 2.42. The van der Waals surface area contributed by atoms with Crippen molar-refractivity contribution in [3.05, 3.63) is 82.8 Å². The summed E-state index contributed by atoms with van der Waals surface area (Å²) in [6.45, 7) is 10.3. The first-order chi connectivity index (χ1) is 29.0. The minimum Gasteiger partial charge on any atom is -0.460 e. The predicted octanol–water partition coefficient (Wildman–Crippen LogP) is 6.34. The maximum Gasteiger partial charge on any atom is 0.316 e. The summed E-state index contributed by atoms with van der Waals surface area (Å²) in [6.07, 6.45) is 13.5. The summed E-state index contributed by atoms with van der Waals surface area (Å²) in [5.74, 6) is -0.0970. The van der Waals surface area contributed by atoms with E-state index in [-0.39, 0.29) is 36.3 Å². The fraction of sp³-hybridized carbons (Fsp3) is 0.553. The van der Waals surface area contributed by atoms with Gasteiger partial charge >= 0.3 is 6.01 Å². The number of carbonyl (C=O) groups is 3. The molecule has 7 heterocycles. The molecule has 0 radical (unpaired) electrons. The number of hydrogen-bond donors (Lipinski definition) is 2. The van der Waals surface area contributed by atoms with Gasteiger partial charge in [0.2, 0.25) is 11.8 Å². The highest BCUT2D eigenvalue weighted by atomic mass is 19.1. The number of likely N-dealkylation sites (tertiary alicyclic amines) is 1. The molecule has 3 amide bonds. The molecule has 6 aliphatic rings. The average molecular weight is 817 g/mol. The molecule has 316 valence electrons. The minimum absolute atomic E-state index is 0.119. The number of halogens is 1. The van der Waals surface area contributed by atoms with E-state index in [1.165, 1.54) is 43.1 Å². The van der Waals surface area contributed by atoms with Gasteiger partial charge in [0.05, 0.1) is 6.04 Å². The second kappa shape index (κ2) is 15.5. The average Bonchev–Trinajstić information content (AvgIpc) is 3.76. The molecule has 4 aromatic rings. The van der Waals surface area contributed by atoms with Crippen molar-refractivity contribution in [1.82, 2.24) is 35.0 Å². The number of benzene rings is 2. The summed E-state index contributed by atoms with van der Waals surface area (Å²) in [6, 6.07) is 14.2. The molecule has 60 heavy (non-hydrogen) atoms. The lowest BCUT2D eigenvalue weighted by molar-refractivity contribution is -0.136. The Morgan fingerprint density at radius 1 is 0.933 bits per heavy atom. The van der Waals surface area contributed by atoms with Crippen LogP contribution in [0.25, 0.3) is 10.9 Å². The van der Waals surface area contributed by atoms with E-state index < -0.39 is 11.7 Å². The molecule has 10 rings (SSSR count). The normalized spacial score (nSPS) is 25.9. The number of anilines is 1. The van der Waals surface area contributed by atoms with Crippen LogP contribution in [0.5, 0.6) is 6.01 Å². The summed E-state index contributed by atoms with van der Waals surface area (Å²) in [7, 11) is 0. The molecule has 2 unspecified atom stereocenters. The molecule has 1 aliphatic carbocycles. The fourth-order valence-electron chi connectivity index (χ4n) is 11.1. The van der Waals surface area contributed by atoms with Crippen LogP contribution in [-0.2, 0) is 22.6 Å². The number of aromatic amines is 1. The first-order valence-electron chi connectivity index (χ1n) is 22.2. The molecule has 0 bridgehead atoms. The number of hydrogen-bond acceptors (Lipinski definition) is 9. The number of carbonyl (C=O) groups excluding carboxylic acids is 3. The lowest BCUT2D eigenvalue weighted by Gasteiger charge is -2.48. The number of nitrogens with one attached hydrogen (secondary N) is 2. The number of para-hydroxylation sites is 1. The second-order valence-electron chi connectivity index (χ2n) is 19.1. The number of piperidine rings is 3.